The fourth-order valence-electron chi connectivity index (χ4n) is 2.74. The molecule has 0 unspecified atom stereocenters. The van der Waals surface area contributed by atoms with Gasteiger partial charge in [0.05, 0.1) is 0 Å². The van der Waals surface area contributed by atoms with Crippen molar-refractivity contribution in [2.45, 2.75) is 46.0 Å². The molecule has 1 aromatic rings. The Morgan fingerprint density at radius 3 is 1.65 bits per heavy atom. The smallest absolute Gasteiger partial charge is 1.00 e. The number of aryl methyl sites for hydroxylation is 2. The zero-order valence-electron chi connectivity index (χ0n) is 13.9. The van der Waals surface area contributed by atoms with Crippen LogP contribution in [0, 0.1) is 13.8 Å². The SMILES string of the molecule is Cc1cc(C(C(=O)O)C(=O)O)cc(C)c1C(C)(C)C.[H-].[Li+]. The number of hydrogen-bond acceptors (Lipinski definition) is 2. The van der Waals surface area contributed by atoms with Gasteiger partial charge in [0, 0.05) is 0 Å². The van der Waals surface area contributed by atoms with Gasteiger partial charge >= 0.3 is 30.8 Å². The molecule has 0 saturated heterocycles. The maximum atomic E-state index is 11.1. The number of carboxylic acid groups (broad SMARTS) is 2. The Morgan fingerprint density at radius 2 is 1.40 bits per heavy atom. The van der Waals surface area contributed by atoms with E-state index in [4.69, 9.17) is 10.2 Å². The average Bonchev–Trinajstić information content (AvgIpc) is 2.11. The van der Waals surface area contributed by atoms with Crippen molar-refractivity contribution in [1.29, 1.82) is 0 Å². The van der Waals surface area contributed by atoms with Crippen LogP contribution in [0.2, 0.25) is 0 Å². The van der Waals surface area contributed by atoms with E-state index in [1.807, 2.05) is 13.8 Å². The van der Waals surface area contributed by atoms with Crippen LogP contribution in [0.25, 0.3) is 0 Å². The molecule has 0 saturated carbocycles. The summed E-state index contributed by atoms with van der Waals surface area (Å²) < 4.78 is 0. The van der Waals surface area contributed by atoms with E-state index in [-0.39, 0.29) is 25.7 Å². The van der Waals surface area contributed by atoms with E-state index in [0.29, 0.717) is 5.56 Å². The number of benzene rings is 1. The van der Waals surface area contributed by atoms with E-state index in [2.05, 4.69) is 20.8 Å². The predicted molar refractivity (Wildman–Crippen MR) is 73.7 cm³/mol. The third kappa shape index (κ3) is 3.88. The van der Waals surface area contributed by atoms with Gasteiger partial charge in [0.2, 0.25) is 0 Å². The second-order valence-electron chi connectivity index (χ2n) is 5.89. The zero-order chi connectivity index (χ0) is 15.0. The van der Waals surface area contributed by atoms with Crippen LogP contribution in [-0.4, -0.2) is 22.2 Å². The van der Waals surface area contributed by atoms with Crippen LogP contribution in [0.3, 0.4) is 0 Å². The van der Waals surface area contributed by atoms with Crippen molar-refractivity contribution < 1.29 is 40.1 Å². The molecule has 0 aliphatic heterocycles. The minimum atomic E-state index is -1.51. The van der Waals surface area contributed by atoms with Crippen molar-refractivity contribution in [3.8, 4) is 0 Å². The van der Waals surface area contributed by atoms with Gasteiger partial charge < -0.3 is 11.6 Å². The molecule has 106 valence electrons. The van der Waals surface area contributed by atoms with E-state index in [9.17, 15) is 9.59 Å². The molecule has 5 heteroatoms. The maximum absolute atomic E-state index is 11.1. The summed E-state index contributed by atoms with van der Waals surface area (Å²) in [5.74, 6) is -4.18. The largest absolute Gasteiger partial charge is 1.00 e. The summed E-state index contributed by atoms with van der Waals surface area (Å²) in [5, 5.41) is 18.1. The molecular weight excluding hydrogens is 251 g/mol. The van der Waals surface area contributed by atoms with E-state index >= 15 is 0 Å². The predicted octanol–water partition coefficient (Wildman–Crippen LogP) is -0.0298. The first-order chi connectivity index (χ1) is 8.55. The summed E-state index contributed by atoms with van der Waals surface area (Å²) in [6.45, 7) is 10.0. The summed E-state index contributed by atoms with van der Waals surface area (Å²) >= 11 is 0. The van der Waals surface area contributed by atoms with Gasteiger partial charge in [-0.3, -0.25) is 9.59 Å². The molecule has 0 bridgehead atoms. The molecule has 0 aliphatic carbocycles. The molecule has 0 aliphatic rings. The van der Waals surface area contributed by atoms with Crippen LogP contribution in [0.5, 0.6) is 0 Å². The first kappa shape index (κ1) is 18.8. The molecule has 0 aromatic heterocycles. The molecule has 1 rings (SSSR count). The van der Waals surface area contributed by atoms with Gasteiger partial charge in [-0.15, -0.1) is 0 Å². The maximum Gasteiger partial charge on any atom is 1.00 e. The van der Waals surface area contributed by atoms with E-state index < -0.39 is 17.9 Å². The molecule has 4 nitrogen and oxygen atoms in total. The number of hydrogen-bond donors (Lipinski definition) is 2. The summed E-state index contributed by atoms with van der Waals surface area (Å²) in [6, 6.07) is 3.33. The third-order valence-corrected chi connectivity index (χ3v) is 3.13. The summed E-state index contributed by atoms with van der Waals surface area (Å²) in [7, 11) is 0. The van der Waals surface area contributed by atoms with Crippen molar-refractivity contribution in [3.63, 3.8) is 0 Å². The first-order valence-corrected chi connectivity index (χ1v) is 6.13. The Bertz CT molecular complexity index is 498. The minimum Gasteiger partial charge on any atom is -1.00 e. The number of carboxylic acids is 2. The van der Waals surface area contributed by atoms with Gasteiger partial charge in [0.1, 0.15) is 0 Å². The van der Waals surface area contributed by atoms with E-state index in [1.165, 1.54) is 0 Å². The van der Waals surface area contributed by atoms with Crippen LogP contribution >= 0.6 is 0 Å². The summed E-state index contributed by atoms with van der Waals surface area (Å²) in [5.41, 5.74) is 3.24. The second-order valence-corrected chi connectivity index (χ2v) is 5.89. The summed E-state index contributed by atoms with van der Waals surface area (Å²) in [6.07, 6.45) is 0. The van der Waals surface area contributed by atoms with Gasteiger partial charge in [0.25, 0.3) is 0 Å². The van der Waals surface area contributed by atoms with Crippen LogP contribution < -0.4 is 18.9 Å². The fraction of sp³-hybridized carbons (Fsp3) is 0.467. The van der Waals surface area contributed by atoms with E-state index in [0.717, 1.165) is 16.7 Å². The average molecular weight is 272 g/mol. The monoisotopic (exact) mass is 272 g/mol. The molecule has 0 amide bonds. The number of rotatable bonds is 3. The molecule has 0 fully saturated rings. The minimum absolute atomic E-state index is 0. The van der Waals surface area contributed by atoms with Crippen LogP contribution in [-0.2, 0) is 15.0 Å². The molecular formula is C15H21LiO4. The van der Waals surface area contributed by atoms with Gasteiger partial charge in [-0.05, 0) is 41.5 Å². The molecule has 1 aromatic carbocycles. The number of carbonyl (C=O) groups is 2. The number of aliphatic carboxylic acids is 2. The molecule has 0 atom stereocenters. The van der Waals surface area contributed by atoms with Crippen LogP contribution in [0.4, 0.5) is 0 Å². The Hall–Kier alpha value is -1.24. The Labute approximate surface area is 132 Å². The molecule has 20 heavy (non-hydrogen) atoms. The molecule has 0 heterocycles. The third-order valence-electron chi connectivity index (χ3n) is 3.13. The van der Waals surface area contributed by atoms with Gasteiger partial charge in [0.15, 0.2) is 5.92 Å². The Kier molecular flexibility index (Phi) is 6.07. The van der Waals surface area contributed by atoms with Crippen molar-refractivity contribution in [2.75, 3.05) is 0 Å². The first-order valence-electron chi connectivity index (χ1n) is 6.13. The Morgan fingerprint density at radius 1 is 1.05 bits per heavy atom. The molecule has 2 N–H and O–H groups in total. The van der Waals surface area contributed by atoms with Gasteiger partial charge in [-0.2, -0.15) is 0 Å². The quantitative estimate of drug-likeness (QED) is 0.598. The van der Waals surface area contributed by atoms with Crippen LogP contribution in [0.1, 0.15) is 50.4 Å². The molecule has 0 radical (unpaired) electrons. The van der Waals surface area contributed by atoms with Crippen molar-refractivity contribution in [3.05, 3.63) is 34.4 Å². The molecule has 0 spiro atoms. The van der Waals surface area contributed by atoms with Crippen molar-refractivity contribution >= 4 is 11.9 Å². The second kappa shape index (κ2) is 6.47. The fourth-order valence-corrected chi connectivity index (χ4v) is 2.74. The van der Waals surface area contributed by atoms with Crippen molar-refractivity contribution in [2.24, 2.45) is 0 Å². The van der Waals surface area contributed by atoms with Crippen LogP contribution in [0.15, 0.2) is 12.1 Å². The topological polar surface area (TPSA) is 74.6 Å². The Balaban J connectivity index is 0. The summed E-state index contributed by atoms with van der Waals surface area (Å²) in [4.78, 5) is 22.1. The van der Waals surface area contributed by atoms with Gasteiger partial charge in [-0.25, -0.2) is 0 Å². The van der Waals surface area contributed by atoms with Gasteiger partial charge in [-0.1, -0.05) is 32.9 Å². The zero-order valence-corrected chi connectivity index (χ0v) is 12.9. The standard InChI is InChI=1S/C15H20O4.Li.H/c1-8-6-10(11(13(16)17)14(18)19)7-9(2)12(8)15(3,4)5;;/h6-7,11H,1-5H3,(H,16,17)(H,18,19);;/q;+1;-1. The normalized spacial score (nSPS) is 11.1. The van der Waals surface area contributed by atoms with E-state index in [1.54, 1.807) is 12.1 Å². The van der Waals surface area contributed by atoms with Crippen molar-refractivity contribution in [1.82, 2.24) is 0 Å².